The van der Waals surface area contributed by atoms with Crippen LogP contribution in [-0.4, -0.2) is 59.3 Å². The Morgan fingerprint density at radius 2 is 1.86 bits per heavy atom. The van der Waals surface area contributed by atoms with Crippen molar-refractivity contribution in [3.05, 3.63) is 55.0 Å². The molecule has 8 nitrogen and oxygen atoms in total. The van der Waals surface area contributed by atoms with E-state index < -0.39 is 63.1 Å². The molecule has 36 heavy (non-hydrogen) atoms. The molecule has 2 aromatic carbocycles. The largest absolute Gasteiger partial charge is 0.497 e. The molecule has 0 fully saturated rings. The fraction of sp³-hybridized carbons (Fsp3) is 0.346. The first kappa shape index (κ1) is 14.1. The van der Waals surface area contributed by atoms with Crippen LogP contribution in [0.3, 0.4) is 0 Å². The molecular formula is C26H30F2N6O2. The molecule has 0 bridgehead atoms. The van der Waals surface area contributed by atoms with Gasteiger partial charge in [0.15, 0.2) is 0 Å². The predicted molar refractivity (Wildman–Crippen MR) is 136 cm³/mol. The van der Waals surface area contributed by atoms with Gasteiger partial charge in [-0.15, -0.1) is 0 Å². The number of alkyl halides is 2. The van der Waals surface area contributed by atoms with Crippen LogP contribution in [0.5, 0.6) is 11.5 Å². The second-order valence-electron chi connectivity index (χ2n) is 7.82. The SMILES string of the molecule is [2H]C([2H])([2H])Oc1cc(OC([2H])([2H])[2H])cc(N(c2ccc3ncc(-c4cnn(C)c4)nc3c2)C([2H])([2H])C([2H])([2H])C([2H])([2H])NCC(C)(F)F)c1. The molecule has 4 aromatic rings. The van der Waals surface area contributed by atoms with E-state index in [1.165, 1.54) is 35.3 Å². The highest BCUT2D eigenvalue weighted by Gasteiger charge is 2.20. The molecule has 0 saturated carbocycles. The molecule has 2 heterocycles. The van der Waals surface area contributed by atoms with Crippen molar-refractivity contribution in [1.29, 1.82) is 0 Å². The number of methoxy groups -OCH3 is 2. The molecule has 10 heteroatoms. The molecule has 0 aliphatic rings. The average Bonchev–Trinajstić information content (AvgIpc) is 3.35. The van der Waals surface area contributed by atoms with Gasteiger partial charge in [-0.2, -0.15) is 5.10 Å². The summed E-state index contributed by atoms with van der Waals surface area (Å²) in [5.74, 6) is -4.58. The summed E-state index contributed by atoms with van der Waals surface area (Å²) >= 11 is 0. The maximum atomic E-state index is 13.7. The Bertz CT molecular complexity index is 1740. The van der Waals surface area contributed by atoms with Crippen molar-refractivity contribution in [1.82, 2.24) is 25.1 Å². The molecule has 0 radical (unpaired) electrons. The summed E-state index contributed by atoms with van der Waals surface area (Å²) in [6, 6.07) is 6.74. The maximum Gasteiger partial charge on any atom is 0.257 e. The Morgan fingerprint density at radius 3 is 2.53 bits per heavy atom. The minimum atomic E-state index is -3.67. The highest BCUT2D eigenvalue weighted by atomic mass is 19.3. The lowest BCUT2D eigenvalue weighted by atomic mass is 10.1. The standard InChI is InChI=1S/C26H30F2N6O2/c1-26(27,28)17-29-8-5-9-34(20-10-21(35-3)13-22(11-20)36-4)19-6-7-23-24(12-19)32-25(15-30-23)18-14-31-33(2)16-18/h6-7,10-16,29H,5,8-9,17H2,1-4H3/i3D3,4D3,5D2,8D2,9D2. The van der Waals surface area contributed by atoms with Gasteiger partial charge >= 0.3 is 0 Å². The molecule has 0 amide bonds. The molecule has 4 rings (SSSR count). The number of anilines is 2. The normalized spacial score (nSPS) is 18.4. The number of ether oxygens (including phenoxy) is 2. The van der Waals surface area contributed by atoms with Gasteiger partial charge < -0.3 is 19.7 Å². The van der Waals surface area contributed by atoms with Crippen molar-refractivity contribution in [2.45, 2.75) is 19.2 Å². The number of halogens is 2. The molecular weight excluding hydrogens is 466 g/mol. The van der Waals surface area contributed by atoms with Crippen LogP contribution in [0.4, 0.5) is 20.2 Å². The molecule has 0 aliphatic carbocycles. The van der Waals surface area contributed by atoms with Crippen LogP contribution >= 0.6 is 0 Å². The number of fused-ring (bicyclic) bond motifs is 1. The van der Waals surface area contributed by atoms with Crippen LogP contribution < -0.4 is 19.7 Å². The van der Waals surface area contributed by atoms with Crippen LogP contribution in [0.1, 0.15) is 29.7 Å². The van der Waals surface area contributed by atoms with Crippen LogP contribution in [-0.2, 0) is 7.05 Å². The Kier molecular flexibility index (Phi) is 4.25. The van der Waals surface area contributed by atoms with E-state index in [0.29, 0.717) is 28.6 Å². The van der Waals surface area contributed by atoms with E-state index in [0.717, 1.165) is 18.2 Å². The number of aryl methyl sites for hydroxylation is 1. The van der Waals surface area contributed by atoms with E-state index in [9.17, 15) is 8.78 Å². The van der Waals surface area contributed by atoms with Crippen molar-refractivity contribution in [3.8, 4) is 22.8 Å². The second-order valence-corrected chi connectivity index (χ2v) is 7.82. The number of hydrogen-bond acceptors (Lipinski definition) is 7. The van der Waals surface area contributed by atoms with E-state index in [1.54, 1.807) is 18.6 Å². The fourth-order valence-electron chi connectivity index (χ4n) is 3.24. The first-order valence-electron chi connectivity index (χ1n) is 16.5. The lowest BCUT2D eigenvalue weighted by molar-refractivity contribution is 0.0229. The smallest absolute Gasteiger partial charge is 0.257 e. The third-order valence-corrected chi connectivity index (χ3v) is 4.86. The summed E-state index contributed by atoms with van der Waals surface area (Å²) in [5.41, 5.74) is 0.724. The quantitative estimate of drug-likeness (QED) is 0.311. The zero-order chi connectivity index (χ0) is 36.1. The van der Waals surface area contributed by atoms with Gasteiger partial charge in [-0.1, -0.05) is 0 Å². The van der Waals surface area contributed by atoms with E-state index in [1.807, 2.05) is 0 Å². The third kappa shape index (κ3) is 6.25. The molecule has 1 N–H and O–H groups in total. The number of benzene rings is 2. The Morgan fingerprint density at radius 1 is 1.08 bits per heavy atom. The molecule has 0 aliphatic heterocycles. The Balaban J connectivity index is 1.98. The van der Waals surface area contributed by atoms with Gasteiger partial charge in [0.2, 0.25) is 0 Å². The molecule has 0 spiro atoms. The fourth-order valence-corrected chi connectivity index (χ4v) is 3.24. The van der Waals surface area contributed by atoms with E-state index >= 15 is 0 Å². The van der Waals surface area contributed by atoms with Gasteiger partial charge in [0.05, 0.1) is 58.0 Å². The van der Waals surface area contributed by atoms with Crippen molar-refractivity contribution < 1.29 is 34.7 Å². The number of hydrogen-bond donors (Lipinski definition) is 1. The lowest BCUT2D eigenvalue weighted by Gasteiger charge is -2.26. The zero-order valence-corrected chi connectivity index (χ0v) is 19.2. The summed E-state index contributed by atoms with van der Waals surface area (Å²) in [6.07, 6.45) is 0.982. The van der Waals surface area contributed by atoms with Gasteiger partial charge in [-0.05, 0) is 31.1 Å². The zero-order valence-electron chi connectivity index (χ0n) is 31.2. The third-order valence-electron chi connectivity index (χ3n) is 4.86. The predicted octanol–water partition coefficient (Wildman–Crippen LogP) is 4.82. The summed E-state index contributed by atoms with van der Waals surface area (Å²) in [5, 5.41) is 5.85. The number of rotatable bonds is 11. The van der Waals surface area contributed by atoms with Gasteiger partial charge in [-0.25, -0.2) is 13.8 Å². The van der Waals surface area contributed by atoms with Gasteiger partial charge in [0, 0.05) is 70.0 Å². The van der Waals surface area contributed by atoms with Crippen LogP contribution in [0.2, 0.25) is 0 Å². The highest BCUT2D eigenvalue weighted by Crippen LogP contribution is 2.34. The number of nitrogens with zero attached hydrogens (tertiary/aromatic N) is 5. The molecule has 2 aromatic heterocycles. The van der Waals surface area contributed by atoms with Crippen LogP contribution in [0.15, 0.2) is 55.0 Å². The summed E-state index contributed by atoms with van der Waals surface area (Å²) in [7, 11) is -4.47. The lowest BCUT2D eigenvalue weighted by Crippen LogP contribution is -2.32. The summed E-state index contributed by atoms with van der Waals surface area (Å²) < 4.78 is 136. The van der Waals surface area contributed by atoms with E-state index in [-0.39, 0.29) is 11.2 Å². The van der Waals surface area contributed by atoms with Crippen LogP contribution in [0.25, 0.3) is 22.3 Å². The van der Waals surface area contributed by atoms with Gasteiger partial charge in [-0.3, -0.25) is 9.67 Å². The molecule has 190 valence electrons. The Hall–Kier alpha value is -3.79. The molecule has 0 atom stereocenters. The minimum Gasteiger partial charge on any atom is -0.497 e. The first-order valence-corrected chi connectivity index (χ1v) is 10.5. The number of nitrogens with one attached hydrogen (secondary N) is 1. The average molecular weight is 509 g/mol. The van der Waals surface area contributed by atoms with E-state index in [4.69, 9.17) is 25.9 Å². The first-order chi connectivity index (χ1) is 21.8. The van der Waals surface area contributed by atoms with Crippen molar-refractivity contribution in [3.63, 3.8) is 0 Å². The van der Waals surface area contributed by atoms with Gasteiger partial charge in [0.25, 0.3) is 5.92 Å². The topological polar surface area (TPSA) is 77.3 Å². The highest BCUT2D eigenvalue weighted by molar-refractivity contribution is 5.82. The van der Waals surface area contributed by atoms with Crippen LogP contribution in [0, 0.1) is 0 Å². The van der Waals surface area contributed by atoms with Crippen molar-refractivity contribution in [2.24, 2.45) is 7.05 Å². The summed E-state index contributed by atoms with van der Waals surface area (Å²) in [4.78, 5) is 9.50. The van der Waals surface area contributed by atoms with E-state index in [2.05, 4.69) is 15.1 Å². The monoisotopic (exact) mass is 508 g/mol. The van der Waals surface area contributed by atoms with Crippen molar-refractivity contribution >= 4 is 22.4 Å². The summed E-state index contributed by atoms with van der Waals surface area (Å²) in [6.45, 7) is -7.87. The minimum absolute atomic E-state index is 0.149. The van der Waals surface area contributed by atoms with Crippen molar-refractivity contribution in [2.75, 3.05) is 38.5 Å². The maximum absolute atomic E-state index is 13.7. The number of aromatic nitrogens is 4. The second kappa shape index (κ2) is 10.9. The Labute approximate surface area is 225 Å². The van der Waals surface area contributed by atoms with Gasteiger partial charge in [0.1, 0.15) is 11.5 Å². The molecule has 0 unspecified atom stereocenters. The molecule has 0 saturated heterocycles.